The highest BCUT2D eigenvalue weighted by atomic mass is 32.3. The molecule has 0 amide bonds. The van der Waals surface area contributed by atoms with Gasteiger partial charge in [0.25, 0.3) is 0 Å². The average Bonchev–Trinajstić information content (AvgIpc) is 2.81. The molecule has 0 spiro atoms. The molecule has 5 rings (SSSR count). The molecule has 0 fully saturated rings. The molecule has 0 bridgehead atoms. The maximum Gasteiger partial charge on any atom is 0.116 e. The van der Waals surface area contributed by atoms with Crippen LogP contribution in [0.2, 0.25) is 0 Å². The second kappa shape index (κ2) is 7.98. The maximum absolute atomic E-state index is 14.6. The molecule has 1 unspecified atom stereocenters. The van der Waals surface area contributed by atoms with Crippen molar-refractivity contribution in [3.05, 3.63) is 131 Å². The zero-order valence-corrected chi connectivity index (χ0v) is 17.8. The molecule has 30 heavy (non-hydrogen) atoms. The first-order valence-electron chi connectivity index (χ1n) is 9.70. The SMILES string of the molecule is O=S1(c2ccccc2)=Nc2ccccc2C(c2ccccc2)=C1Sc1ccccc1. The molecule has 1 heterocycles. The predicted octanol–water partition coefficient (Wildman–Crippen LogP) is 7.37. The van der Waals surface area contributed by atoms with Crippen LogP contribution in [0.15, 0.2) is 134 Å². The third-order valence-electron chi connectivity index (χ3n) is 4.93. The van der Waals surface area contributed by atoms with E-state index in [4.69, 9.17) is 4.36 Å². The lowest BCUT2D eigenvalue weighted by molar-refractivity contribution is 0.682. The van der Waals surface area contributed by atoms with Gasteiger partial charge in [0.15, 0.2) is 0 Å². The Labute approximate surface area is 181 Å². The van der Waals surface area contributed by atoms with E-state index in [9.17, 15) is 4.21 Å². The number of benzene rings is 4. The van der Waals surface area contributed by atoms with Gasteiger partial charge in [-0.1, -0.05) is 96.7 Å². The summed E-state index contributed by atoms with van der Waals surface area (Å²) in [6.07, 6.45) is 0. The Kier molecular flexibility index (Phi) is 5.03. The van der Waals surface area contributed by atoms with Crippen molar-refractivity contribution >= 4 is 32.8 Å². The van der Waals surface area contributed by atoms with Crippen LogP contribution in [0.1, 0.15) is 11.1 Å². The third-order valence-corrected chi connectivity index (χ3v) is 8.83. The van der Waals surface area contributed by atoms with Gasteiger partial charge in [0, 0.05) is 16.0 Å². The first-order chi connectivity index (χ1) is 14.8. The molecule has 0 saturated heterocycles. The zero-order chi connectivity index (χ0) is 20.4. The van der Waals surface area contributed by atoms with E-state index in [2.05, 4.69) is 18.2 Å². The number of hydrogen-bond acceptors (Lipinski definition) is 3. The molecule has 4 heteroatoms. The Morgan fingerprint density at radius 1 is 0.633 bits per heavy atom. The Balaban J connectivity index is 1.87. The topological polar surface area (TPSA) is 29.4 Å². The summed E-state index contributed by atoms with van der Waals surface area (Å²) in [5, 5.41) is 0. The summed E-state index contributed by atoms with van der Waals surface area (Å²) in [5.41, 5.74) is 3.81. The van der Waals surface area contributed by atoms with Crippen molar-refractivity contribution in [2.24, 2.45) is 4.36 Å². The fraction of sp³-hybridized carbons (Fsp3) is 0. The summed E-state index contributed by atoms with van der Waals surface area (Å²) in [6, 6.07) is 37.9. The van der Waals surface area contributed by atoms with Crippen LogP contribution in [0.25, 0.3) is 5.57 Å². The molecule has 1 atom stereocenters. The van der Waals surface area contributed by atoms with Crippen LogP contribution in [0.4, 0.5) is 5.69 Å². The van der Waals surface area contributed by atoms with Crippen molar-refractivity contribution in [3.63, 3.8) is 0 Å². The number of rotatable bonds is 4. The summed E-state index contributed by atoms with van der Waals surface area (Å²) >= 11 is 1.54. The Morgan fingerprint density at radius 3 is 1.90 bits per heavy atom. The summed E-state index contributed by atoms with van der Waals surface area (Å²) < 4.78 is 20.3. The van der Waals surface area contributed by atoms with Crippen LogP contribution < -0.4 is 0 Å². The second-order valence-electron chi connectivity index (χ2n) is 6.89. The fourth-order valence-corrected chi connectivity index (χ4v) is 7.39. The van der Waals surface area contributed by atoms with Crippen LogP contribution in [0.3, 0.4) is 0 Å². The van der Waals surface area contributed by atoms with E-state index in [1.165, 1.54) is 0 Å². The lowest BCUT2D eigenvalue weighted by Crippen LogP contribution is -2.10. The number of hydrogen-bond donors (Lipinski definition) is 0. The molecule has 146 valence electrons. The van der Waals surface area contributed by atoms with Crippen LogP contribution in [-0.2, 0) is 9.73 Å². The third kappa shape index (κ3) is 3.38. The van der Waals surface area contributed by atoms with Gasteiger partial charge in [-0.3, -0.25) is 0 Å². The minimum Gasteiger partial charge on any atom is -0.239 e. The summed E-state index contributed by atoms with van der Waals surface area (Å²) in [7, 11) is -2.85. The van der Waals surface area contributed by atoms with E-state index in [-0.39, 0.29) is 0 Å². The molecule has 1 aliphatic rings. The maximum atomic E-state index is 14.6. The molecule has 0 aromatic heterocycles. The van der Waals surface area contributed by atoms with Gasteiger partial charge in [-0.05, 0) is 35.9 Å². The summed E-state index contributed by atoms with van der Waals surface area (Å²) in [6.45, 7) is 0. The van der Waals surface area contributed by atoms with Crippen molar-refractivity contribution in [1.82, 2.24) is 0 Å². The van der Waals surface area contributed by atoms with Crippen molar-refractivity contribution in [2.75, 3.05) is 0 Å². The van der Waals surface area contributed by atoms with E-state index in [0.717, 1.165) is 36.4 Å². The molecule has 0 saturated carbocycles. The predicted molar refractivity (Wildman–Crippen MR) is 126 cm³/mol. The monoisotopic (exact) mass is 425 g/mol. The van der Waals surface area contributed by atoms with Crippen molar-refractivity contribution in [1.29, 1.82) is 0 Å². The van der Waals surface area contributed by atoms with Gasteiger partial charge in [0.05, 0.1) is 14.8 Å². The van der Waals surface area contributed by atoms with Gasteiger partial charge in [0.2, 0.25) is 0 Å². The van der Waals surface area contributed by atoms with Gasteiger partial charge in [0.1, 0.15) is 9.73 Å². The molecule has 2 nitrogen and oxygen atoms in total. The molecular formula is C26H19NOS2. The van der Waals surface area contributed by atoms with E-state index < -0.39 is 9.73 Å². The summed E-state index contributed by atoms with van der Waals surface area (Å²) in [4.78, 5) is 1.77. The molecule has 1 aliphatic heterocycles. The number of nitrogens with zero attached hydrogens (tertiary/aromatic N) is 1. The molecule has 0 aliphatic carbocycles. The lowest BCUT2D eigenvalue weighted by atomic mass is 9.98. The van der Waals surface area contributed by atoms with Crippen LogP contribution in [-0.4, -0.2) is 4.21 Å². The van der Waals surface area contributed by atoms with E-state index in [1.54, 1.807) is 11.8 Å². The zero-order valence-electron chi connectivity index (χ0n) is 16.1. The Bertz CT molecular complexity index is 1340. The van der Waals surface area contributed by atoms with Gasteiger partial charge in [-0.15, -0.1) is 0 Å². The molecule has 0 N–H and O–H groups in total. The number of thioether (sulfide) groups is 1. The highest BCUT2D eigenvalue weighted by Crippen LogP contribution is 2.49. The van der Waals surface area contributed by atoms with Gasteiger partial charge in [-0.2, -0.15) is 4.36 Å². The highest BCUT2D eigenvalue weighted by Gasteiger charge is 2.30. The first-order valence-corrected chi connectivity index (χ1v) is 12.0. The smallest absolute Gasteiger partial charge is 0.116 e. The Morgan fingerprint density at radius 2 is 1.20 bits per heavy atom. The minimum atomic E-state index is -2.85. The van der Waals surface area contributed by atoms with Gasteiger partial charge < -0.3 is 0 Å². The lowest BCUT2D eigenvalue weighted by Gasteiger charge is -2.25. The van der Waals surface area contributed by atoms with Gasteiger partial charge in [-0.25, -0.2) is 4.21 Å². The second-order valence-corrected chi connectivity index (χ2v) is 10.3. The van der Waals surface area contributed by atoms with E-state index >= 15 is 0 Å². The molecular weight excluding hydrogens is 406 g/mol. The standard InChI is InChI=1S/C26H19NOS2/c28-30(22-16-8-3-9-17-22)26(29-21-14-6-2-7-15-21)25(20-12-4-1-5-13-20)23-18-10-11-19-24(23)27-30/h1-19H. The van der Waals surface area contributed by atoms with Crippen molar-refractivity contribution < 1.29 is 4.21 Å². The van der Waals surface area contributed by atoms with Crippen molar-refractivity contribution in [3.8, 4) is 0 Å². The average molecular weight is 426 g/mol. The summed E-state index contributed by atoms with van der Waals surface area (Å²) in [5.74, 6) is 0. The normalized spacial score (nSPS) is 17.9. The molecule has 4 aromatic rings. The number of fused-ring (bicyclic) bond motifs is 1. The van der Waals surface area contributed by atoms with Gasteiger partial charge >= 0.3 is 0 Å². The van der Waals surface area contributed by atoms with Crippen LogP contribution in [0, 0.1) is 0 Å². The first kappa shape index (κ1) is 18.9. The molecule has 4 aromatic carbocycles. The molecule has 0 radical (unpaired) electrons. The largest absolute Gasteiger partial charge is 0.239 e. The Hall–Kier alpha value is -3.08. The fourth-order valence-electron chi connectivity index (χ4n) is 3.54. The van der Waals surface area contributed by atoms with E-state index in [0.29, 0.717) is 0 Å². The highest BCUT2D eigenvalue weighted by molar-refractivity contribution is 8.20. The van der Waals surface area contributed by atoms with Crippen molar-refractivity contribution in [2.45, 2.75) is 9.79 Å². The van der Waals surface area contributed by atoms with Crippen LogP contribution >= 0.6 is 11.8 Å². The van der Waals surface area contributed by atoms with E-state index in [1.807, 2.05) is 97.1 Å². The van der Waals surface area contributed by atoms with Crippen LogP contribution in [0.5, 0.6) is 0 Å². The minimum absolute atomic E-state index is 0.728. The quantitative estimate of drug-likeness (QED) is 0.342.